The van der Waals surface area contributed by atoms with Gasteiger partial charge >= 0.3 is 0 Å². The summed E-state index contributed by atoms with van der Waals surface area (Å²) in [6.07, 6.45) is 1.54. The van der Waals surface area contributed by atoms with Gasteiger partial charge in [0.25, 0.3) is 0 Å². The first-order valence-corrected chi connectivity index (χ1v) is 5.61. The van der Waals surface area contributed by atoms with Crippen LogP contribution in [0, 0.1) is 5.41 Å². The highest BCUT2D eigenvalue weighted by atomic mass is 35.5. The normalized spacial score (nSPS) is 39.5. The van der Waals surface area contributed by atoms with Gasteiger partial charge in [-0.05, 0) is 26.3 Å². The van der Waals surface area contributed by atoms with Crippen LogP contribution < -0.4 is 10.6 Å². The lowest BCUT2D eigenvalue weighted by molar-refractivity contribution is -0.126. The van der Waals surface area contributed by atoms with Crippen LogP contribution in [0.4, 0.5) is 0 Å². The van der Waals surface area contributed by atoms with Crippen molar-refractivity contribution in [3.05, 3.63) is 0 Å². The number of amides is 1. The molecule has 3 nitrogen and oxygen atoms in total. The fraction of sp³-hybridized carbons (Fsp3) is 0.889. The Morgan fingerprint density at radius 3 is 2.64 bits per heavy atom. The number of nitrogens with one attached hydrogen (secondary N) is 2. The van der Waals surface area contributed by atoms with Gasteiger partial charge in [0.05, 0.1) is 5.41 Å². The SMILES string of the molecule is CC1(C(=O)NC2CCNC2)CC1(Cl)Cl. The van der Waals surface area contributed by atoms with Crippen LogP contribution in [0.2, 0.25) is 0 Å². The standard InChI is InChI=1S/C9H14Cl2N2O/c1-8(5-9(8,10)11)7(14)13-6-2-3-12-4-6/h6,12H,2-5H2,1H3,(H,13,14). The van der Waals surface area contributed by atoms with Gasteiger partial charge in [-0.2, -0.15) is 0 Å². The van der Waals surface area contributed by atoms with Gasteiger partial charge in [0.2, 0.25) is 5.91 Å². The van der Waals surface area contributed by atoms with Crippen molar-refractivity contribution >= 4 is 29.1 Å². The Labute approximate surface area is 93.5 Å². The van der Waals surface area contributed by atoms with E-state index in [-0.39, 0.29) is 11.9 Å². The van der Waals surface area contributed by atoms with Crippen molar-refractivity contribution in [3.63, 3.8) is 0 Å². The summed E-state index contributed by atoms with van der Waals surface area (Å²) in [4.78, 5) is 11.8. The number of hydrogen-bond acceptors (Lipinski definition) is 2. The maximum atomic E-state index is 11.8. The van der Waals surface area contributed by atoms with E-state index < -0.39 is 9.75 Å². The molecule has 80 valence electrons. The summed E-state index contributed by atoms with van der Waals surface area (Å²) >= 11 is 11.8. The Morgan fingerprint density at radius 1 is 1.57 bits per heavy atom. The monoisotopic (exact) mass is 236 g/mol. The molecule has 0 spiro atoms. The predicted molar refractivity (Wildman–Crippen MR) is 56.6 cm³/mol. The van der Waals surface area contributed by atoms with Crippen molar-refractivity contribution in [1.82, 2.24) is 10.6 Å². The third kappa shape index (κ3) is 1.62. The molecular formula is C9H14Cl2N2O. The second-order valence-electron chi connectivity index (χ2n) is 4.38. The third-order valence-electron chi connectivity index (χ3n) is 3.15. The zero-order valence-corrected chi connectivity index (χ0v) is 9.58. The van der Waals surface area contributed by atoms with E-state index in [9.17, 15) is 4.79 Å². The van der Waals surface area contributed by atoms with Crippen molar-refractivity contribution in [2.75, 3.05) is 13.1 Å². The molecule has 2 fully saturated rings. The largest absolute Gasteiger partial charge is 0.351 e. The topological polar surface area (TPSA) is 41.1 Å². The fourth-order valence-corrected chi connectivity index (χ4v) is 2.47. The molecule has 2 aliphatic rings. The Morgan fingerprint density at radius 2 is 2.21 bits per heavy atom. The number of alkyl halides is 2. The van der Waals surface area contributed by atoms with E-state index >= 15 is 0 Å². The molecule has 2 unspecified atom stereocenters. The number of carbonyl (C=O) groups excluding carboxylic acids is 1. The van der Waals surface area contributed by atoms with Crippen molar-refractivity contribution in [2.45, 2.75) is 30.1 Å². The van der Waals surface area contributed by atoms with Gasteiger partial charge in [0.1, 0.15) is 4.33 Å². The second kappa shape index (κ2) is 3.26. The molecule has 0 aromatic carbocycles. The first-order chi connectivity index (χ1) is 6.46. The van der Waals surface area contributed by atoms with E-state index in [2.05, 4.69) is 10.6 Å². The molecule has 14 heavy (non-hydrogen) atoms. The minimum absolute atomic E-state index is 0.0174. The summed E-state index contributed by atoms with van der Waals surface area (Å²) in [5.74, 6) is -0.0174. The molecule has 0 aromatic rings. The molecule has 1 heterocycles. The molecule has 0 radical (unpaired) electrons. The van der Waals surface area contributed by atoms with Gasteiger partial charge in [0.15, 0.2) is 0 Å². The Kier molecular flexibility index (Phi) is 2.45. The predicted octanol–water partition coefficient (Wildman–Crippen LogP) is 1.05. The zero-order chi connectivity index (χ0) is 10.4. The highest BCUT2D eigenvalue weighted by molar-refractivity contribution is 6.53. The van der Waals surface area contributed by atoms with E-state index in [0.29, 0.717) is 6.42 Å². The Hall–Kier alpha value is 0.01000. The molecule has 2 atom stereocenters. The van der Waals surface area contributed by atoms with Crippen molar-refractivity contribution in [1.29, 1.82) is 0 Å². The van der Waals surface area contributed by atoms with Crippen LogP contribution in [-0.2, 0) is 4.79 Å². The lowest BCUT2D eigenvalue weighted by Gasteiger charge is -2.16. The molecule has 1 amide bonds. The molecule has 2 rings (SSSR count). The summed E-state index contributed by atoms with van der Waals surface area (Å²) in [6.45, 7) is 3.62. The quantitative estimate of drug-likeness (QED) is 0.705. The zero-order valence-electron chi connectivity index (χ0n) is 8.07. The van der Waals surface area contributed by atoms with Gasteiger partial charge < -0.3 is 10.6 Å². The van der Waals surface area contributed by atoms with Crippen LogP contribution in [0.5, 0.6) is 0 Å². The van der Waals surface area contributed by atoms with Crippen LogP contribution in [0.1, 0.15) is 19.8 Å². The molecule has 1 saturated heterocycles. The van der Waals surface area contributed by atoms with E-state index in [4.69, 9.17) is 23.2 Å². The first kappa shape index (κ1) is 10.5. The van der Waals surface area contributed by atoms with Gasteiger partial charge in [-0.3, -0.25) is 4.79 Å². The maximum Gasteiger partial charge on any atom is 0.229 e. The molecule has 2 N–H and O–H groups in total. The fourth-order valence-electron chi connectivity index (χ4n) is 1.77. The summed E-state index contributed by atoms with van der Waals surface area (Å²) in [6, 6.07) is 0.240. The third-order valence-corrected chi connectivity index (χ3v) is 4.26. The number of rotatable bonds is 2. The summed E-state index contributed by atoms with van der Waals surface area (Å²) in [5.41, 5.74) is -0.585. The van der Waals surface area contributed by atoms with Crippen LogP contribution in [0.25, 0.3) is 0 Å². The van der Waals surface area contributed by atoms with E-state index in [0.717, 1.165) is 19.5 Å². The molecular weight excluding hydrogens is 223 g/mol. The second-order valence-corrected chi connectivity index (χ2v) is 5.86. The molecule has 5 heteroatoms. The smallest absolute Gasteiger partial charge is 0.229 e. The molecule has 1 aliphatic heterocycles. The Bertz CT molecular complexity index is 264. The summed E-state index contributed by atoms with van der Waals surface area (Å²) in [5, 5.41) is 6.16. The van der Waals surface area contributed by atoms with Gasteiger partial charge in [-0.25, -0.2) is 0 Å². The first-order valence-electron chi connectivity index (χ1n) is 4.85. The number of carbonyl (C=O) groups is 1. The van der Waals surface area contributed by atoms with Gasteiger partial charge in [-0.1, -0.05) is 0 Å². The minimum Gasteiger partial charge on any atom is -0.351 e. The van der Waals surface area contributed by atoms with Gasteiger partial charge in [0, 0.05) is 12.6 Å². The van der Waals surface area contributed by atoms with E-state index in [1.54, 1.807) is 0 Å². The van der Waals surface area contributed by atoms with E-state index in [1.165, 1.54) is 0 Å². The van der Waals surface area contributed by atoms with Crippen LogP contribution in [0.3, 0.4) is 0 Å². The summed E-state index contributed by atoms with van der Waals surface area (Å²) in [7, 11) is 0. The van der Waals surface area contributed by atoms with E-state index in [1.807, 2.05) is 6.92 Å². The minimum atomic E-state index is -0.858. The molecule has 1 saturated carbocycles. The lowest BCUT2D eigenvalue weighted by Crippen LogP contribution is -2.41. The lowest BCUT2D eigenvalue weighted by atomic mass is 10.1. The maximum absolute atomic E-state index is 11.8. The van der Waals surface area contributed by atoms with Gasteiger partial charge in [-0.15, -0.1) is 23.2 Å². The van der Waals surface area contributed by atoms with Crippen molar-refractivity contribution < 1.29 is 4.79 Å². The van der Waals surface area contributed by atoms with Crippen LogP contribution in [-0.4, -0.2) is 29.4 Å². The number of halogens is 2. The average Bonchev–Trinajstić information content (AvgIpc) is 2.54. The highest BCUT2D eigenvalue weighted by Gasteiger charge is 2.68. The molecule has 0 aromatic heterocycles. The summed E-state index contributed by atoms with van der Waals surface area (Å²) < 4.78 is -0.858. The Balaban J connectivity index is 1.90. The molecule has 0 bridgehead atoms. The van der Waals surface area contributed by atoms with Crippen molar-refractivity contribution in [3.8, 4) is 0 Å². The van der Waals surface area contributed by atoms with Crippen LogP contribution in [0.15, 0.2) is 0 Å². The molecule has 1 aliphatic carbocycles. The van der Waals surface area contributed by atoms with Crippen molar-refractivity contribution in [2.24, 2.45) is 5.41 Å². The van der Waals surface area contributed by atoms with Crippen LogP contribution >= 0.6 is 23.2 Å². The highest BCUT2D eigenvalue weighted by Crippen LogP contribution is 2.63. The average molecular weight is 237 g/mol. The number of hydrogen-bond donors (Lipinski definition) is 2.